The number of rotatable bonds is 2. The molecule has 0 N–H and O–H groups in total. The molecule has 2 aromatic carbocycles. The van der Waals surface area contributed by atoms with Crippen LogP contribution in [-0.4, -0.2) is 14.0 Å². The molecule has 0 spiro atoms. The average Bonchev–Trinajstić information content (AvgIpc) is 2.98. The van der Waals surface area contributed by atoms with Gasteiger partial charge in [0, 0.05) is 25.3 Å². The van der Waals surface area contributed by atoms with Gasteiger partial charge in [-0.2, -0.15) is 5.26 Å². The summed E-state index contributed by atoms with van der Waals surface area (Å²) in [6.07, 6.45) is 0. The summed E-state index contributed by atoms with van der Waals surface area (Å²) in [6.45, 7) is 8.50. The van der Waals surface area contributed by atoms with E-state index in [1.807, 2.05) is 19.9 Å². The van der Waals surface area contributed by atoms with Gasteiger partial charge in [-0.1, -0.05) is 44.9 Å². The third-order valence-electron chi connectivity index (χ3n) is 3.58. The Kier molecular flexibility index (Phi) is 7.94. The van der Waals surface area contributed by atoms with Crippen LogP contribution in [-0.2, 0) is 11.3 Å². The number of hydrogen-bond donors (Lipinski definition) is 0. The van der Waals surface area contributed by atoms with Gasteiger partial charge in [-0.05, 0) is 35.3 Å². The minimum absolute atomic E-state index is 0.232. The zero-order chi connectivity index (χ0) is 17.2. The Hall–Kier alpha value is -2.25. The minimum atomic E-state index is 0.232. The summed E-state index contributed by atoms with van der Waals surface area (Å²) in [5, 5.41) is 7.32. The van der Waals surface area contributed by atoms with Gasteiger partial charge in [-0.25, -0.2) is 0 Å². The first-order chi connectivity index (χ1) is 11.2. The van der Waals surface area contributed by atoms with E-state index >= 15 is 0 Å². The highest BCUT2D eigenvalue weighted by atomic mass is 16.4. The fraction of sp³-hybridized carbons (Fsp3) is 0.316. The number of benzene rings is 2. The van der Waals surface area contributed by atoms with Crippen molar-refractivity contribution in [2.24, 2.45) is 0 Å². The fourth-order valence-electron chi connectivity index (χ4n) is 2.43. The maximum Gasteiger partial charge on any atom is 0.324 e. The Morgan fingerprint density at radius 2 is 1.70 bits per heavy atom. The third kappa shape index (κ3) is 4.87. The molecule has 3 nitrogen and oxygen atoms in total. The SMILES string of the molecule is CB1OCc2cc(N(C)c3ccccc3)ccc21.CC.CC#N. The van der Waals surface area contributed by atoms with Crippen LogP contribution in [0.2, 0.25) is 6.82 Å². The van der Waals surface area contributed by atoms with Crippen molar-refractivity contribution in [2.45, 2.75) is 34.2 Å². The highest BCUT2D eigenvalue weighted by Gasteiger charge is 2.23. The Balaban J connectivity index is 0.000000477. The molecule has 1 heterocycles. The van der Waals surface area contributed by atoms with Crippen molar-refractivity contribution in [1.29, 1.82) is 5.26 Å². The van der Waals surface area contributed by atoms with Crippen LogP contribution in [0.15, 0.2) is 48.5 Å². The molecule has 0 unspecified atom stereocenters. The second-order valence-corrected chi connectivity index (χ2v) is 4.95. The van der Waals surface area contributed by atoms with E-state index in [9.17, 15) is 0 Å². The van der Waals surface area contributed by atoms with E-state index in [2.05, 4.69) is 61.2 Å². The van der Waals surface area contributed by atoms with Gasteiger partial charge < -0.3 is 9.55 Å². The Labute approximate surface area is 140 Å². The van der Waals surface area contributed by atoms with Crippen molar-refractivity contribution in [2.75, 3.05) is 11.9 Å². The monoisotopic (exact) mass is 308 g/mol. The van der Waals surface area contributed by atoms with E-state index in [4.69, 9.17) is 9.92 Å². The zero-order valence-corrected chi connectivity index (χ0v) is 14.7. The molecule has 2 aromatic rings. The molecule has 0 aliphatic carbocycles. The maximum atomic E-state index is 7.32. The smallest absolute Gasteiger partial charge is 0.324 e. The van der Waals surface area contributed by atoms with E-state index in [0.717, 1.165) is 6.61 Å². The number of fused-ring (bicyclic) bond motifs is 1. The quantitative estimate of drug-likeness (QED) is 0.773. The molecule has 0 saturated heterocycles. The van der Waals surface area contributed by atoms with Crippen molar-refractivity contribution in [3.05, 3.63) is 54.1 Å². The first-order valence-electron chi connectivity index (χ1n) is 8.01. The van der Waals surface area contributed by atoms with E-state index in [0.29, 0.717) is 0 Å². The van der Waals surface area contributed by atoms with Crippen LogP contribution in [0, 0.1) is 11.3 Å². The lowest BCUT2D eigenvalue weighted by molar-refractivity contribution is 0.333. The lowest BCUT2D eigenvalue weighted by atomic mass is 9.64. The van der Waals surface area contributed by atoms with Crippen LogP contribution >= 0.6 is 0 Å². The number of anilines is 2. The predicted octanol–water partition coefficient (Wildman–Crippen LogP) is 4.37. The van der Waals surface area contributed by atoms with Gasteiger partial charge in [-0.3, -0.25) is 0 Å². The molecular formula is C19H25BN2O. The first-order valence-corrected chi connectivity index (χ1v) is 8.01. The van der Waals surface area contributed by atoms with Gasteiger partial charge in [-0.15, -0.1) is 0 Å². The molecule has 4 heteroatoms. The molecule has 0 bridgehead atoms. The van der Waals surface area contributed by atoms with E-state index in [-0.39, 0.29) is 6.92 Å². The third-order valence-corrected chi connectivity index (χ3v) is 3.58. The topological polar surface area (TPSA) is 36.3 Å². The van der Waals surface area contributed by atoms with Gasteiger partial charge in [0.05, 0.1) is 12.7 Å². The number of para-hydroxylation sites is 1. The van der Waals surface area contributed by atoms with E-state index in [1.54, 1.807) is 6.07 Å². The maximum absolute atomic E-state index is 7.32. The van der Waals surface area contributed by atoms with Crippen LogP contribution in [0.25, 0.3) is 0 Å². The molecule has 1 aliphatic rings. The zero-order valence-electron chi connectivity index (χ0n) is 14.7. The van der Waals surface area contributed by atoms with Gasteiger partial charge >= 0.3 is 6.92 Å². The second kappa shape index (κ2) is 9.71. The van der Waals surface area contributed by atoms with Gasteiger partial charge in [0.2, 0.25) is 0 Å². The van der Waals surface area contributed by atoms with Crippen molar-refractivity contribution in [1.82, 2.24) is 0 Å². The molecular weight excluding hydrogens is 283 g/mol. The minimum Gasteiger partial charge on any atom is -0.427 e. The molecule has 0 amide bonds. The van der Waals surface area contributed by atoms with Gasteiger partial charge in [0.15, 0.2) is 0 Å². The van der Waals surface area contributed by atoms with Crippen LogP contribution in [0.3, 0.4) is 0 Å². The van der Waals surface area contributed by atoms with Crippen LogP contribution in [0.5, 0.6) is 0 Å². The predicted molar refractivity (Wildman–Crippen MR) is 99.6 cm³/mol. The second-order valence-electron chi connectivity index (χ2n) is 4.95. The summed E-state index contributed by atoms with van der Waals surface area (Å²) in [4.78, 5) is 2.20. The Morgan fingerprint density at radius 1 is 1.09 bits per heavy atom. The van der Waals surface area contributed by atoms with Gasteiger partial charge in [0.1, 0.15) is 0 Å². The van der Waals surface area contributed by atoms with Crippen molar-refractivity contribution in [3.63, 3.8) is 0 Å². The number of nitrogens with zero attached hydrogens (tertiary/aromatic N) is 2. The summed E-state index contributed by atoms with van der Waals surface area (Å²) in [5.41, 5.74) is 5.03. The lowest BCUT2D eigenvalue weighted by Gasteiger charge is -2.20. The molecule has 0 atom stereocenters. The fourth-order valence-corrected chi connectivity index (χ4v) is 2.43. The van der Waals surface area contributed by atoms with Crippen molar-refractivity contribution in [3.8, 4) is 6.07 Å². The van der Waals surface area contributed by atoms with Crippen LogP contribution < -0.4 is 10.4 Å². The highest BCUT2D eigenvalue weighted by molar-refractivity contribution is 6.67. The summed E-state index contributed by atoms with van der Waals surface area (Å²) in [7, 11) is 2.09. The molecule has 0 aromatic heterocycles. The average molecular weight is 308 g/mol. The molecule has 120 valence electrons. The number of hydrogen-bond acceptors (Lipinski definition) is 3. The summed E-state index contributed by atoms with van der Waals surface area (Å²) >= 11 is 0. The largest absolute Gasteiger partial charge is 0.427 e. The normalized spacial score (nSPS) is 11.2. The molecule has 1 aliphatic heterocycles. The molecule has 3 rings (SSSR count). The summed E-state index contributed by atoms with van der Waals surface area (Å²) in [5.74, 6) is 0. The summed E-state index contributed by atoms with van der Waals surface area (Å²) < 4.78 is 5.65. The van der Waals surface area contributed by atoms with Crippen LogP contribution in [0.4, 0.5) is 11.4 Å². The first kappa shape index (κ1) is 18.8. The molecule has 23 heavy (non-hydrogen) atoms. The highest BCUT2D eigenvalue weighted by Crippen LogP contribution is 2.25. The Bertz CT molecular complexity index is 638. The van der Waals surface area contributed by atoms with Gasteiger partial charge in [0.25, 0.3) is 0 Å². The van der Waals surface area contributed by atoms with E-state index in [1.165, 1.54) is 29.3 Å². The molecule has 0 fully saturated rings. The molecule has 0 radical (unpaired) electrons. The standard InChI is InChI=1S/C15H16BNO.C2H3N.C2H6/c1-16-15-9-8-14(10-12(15)11-18-16)17(2)13-6-4-3-5-7-13;1-2-3;1-2/h3-10H,11H2,1-2H3;1H3;1-2H3. The Morgan fingerprint density at radius 3 is 2.30 bits per heavy atom. The lowest BCUT2D eigenvalue weighted by Crippen LogP contribution is -2.24. The van der Waals surface area contributed by atoms with Crippen molar-refractivity contribution < 1.29 is 4.65 Å². The summed E-state index contributed by atoms with van der Waals surface area (Å²) in [6, 6.07) is 18.7. The van der Waals surface area contributed by atoms with Crippen molar-refractivity contribution >= 4 is 23.8 Å². The van der Waals surface area contributed by atoms with Crippen LogP contribution in [0.1, 0.15) is 26.3 Å². The number of nitriles is 1. The van der Waals surface area contributed by atoms with E-state index < -0.39 is 0 Å². The molecule has 0 saturated carbocycles.